The van der Waals surface area contributed by atoms with Crippen molar-refractivity contribution < 1.29 is 15.0 Å². The normalized spacial score (nSPS) is 29.3. The first kappa shape index (κ1) is 22.5. The maximum atomic E-state index is 10.2. The van der Waals surface area contributed by atoms with Crippen LogP contribution in [0.25, 0.3) is 0 Å². The van der Waals surface area contributed by atoms with Crippen LogP contribution < -0.4 is 0 Å². The van der Waals surface area contributed by atoms with E-state index in [1.54, 1.807) is 0 Å². The fourth-order valence-corrected chi connectivity index (χ4v) is 4.75. The summed E-state index contributed by atoms with van der Waals surface area (Å²) < 4.78 is 0. The van der Waals surface area contributed by atoms with Gasteiger partial charge in [0.15, 0.2) is 0 Å². The van der Waals surface area contributed by atoms with Crippen molar-refractivity contribution in [2.75, 3.05) is 0 Å². The molecular formula is C22H42O3. The zero-order chi connectivity index (χ0) is 18.9. The first-order chi connectivity index (χ1) is 11.8. The topological polar surface area (TPSA) is 57.5 Å². The van der Waals surface area contributed by atoms with Gasteiger partial charge >= 0.3 is 5.97 Å². The van der Waals surface area contributed by atoms with Crippen LogP contribution >= 0.6 is 0 Å². The average Bonchev–Trinajstić information content (AvgIpc) is 2.87. The van der Waals surface area contributed by atoms with Gasteiger partial charge in [-0.3, -0.25) is 4.79 Å². The standard InChI is InChI=1S/C12H24O2.C10H18O/c1-2-3-4-5-6-7-8-9-10-11-12(13)14;1-9(2)7-4-5-10(9,3)8(11)6-7/h2-11H2,1H3,(H,13,14);7-8,11H,4-6H2,1-3H3. The minimum absolute atomic E-state index is 0.0313. The van der Waals surface area contributed by atoms with Gasteiger partial charge in [0, 0.05) is 6.42 Å². The van der Waals surface area contributed by atoms with E-state index < -0.39 is 5.97 Å². The molecule has 25 heavy (non-hydrogen) atoms. The second kappa shape index (κ2) is 10.5. The Morgan fingerprint density at radius 1 is 0.960 bits per heavy atom. The van der Waals surface area contributed by atoms with Gasteiger partial charge in [0.2, 0.25) is 0 Å². The molecule has 0 aromatic carbocycles. The summed E-state index contributed by atoms with van der Waals surface area (Å²) in [7, 11) is 0. The number of aliphatic carboxylic acids is 1. The fourth-order valence-electron chi connectivity index (χ4n) is 4.75. The van der Waals surface area contributed by atoms with E-state index in [1.165, 1.54) is 57.8 Å². The number of carboxylic acid groups (broad SMARTS) is 1. The molecule has 3 nitrogen and oxygen atoms in total. The number of aliphatic hydroxyl groups is 1. The van der Waals surface area contributed by atoms with Crippen LogP contribution in [0.5, 0.6) is 0 Å². The van der Waals surface area contributed by atoms with E-state index in [-0.39, 0.29) is 11.5 Å². The Morgan fingerprint density at radius 2 is 1.48 bits per heavy atom. The number of hydrogen-bond acceptors (Lipinski definition) is 2. The lowest BCUT2D eigenvalue weighted by Crippen LogP contribution is -2.35. The first-order valence-corrected chi connectivity index (χ1v) is 10.7. The molecule has 2 rings (SSSR count). The van der Waals surface area contributed by atoms with Gasteiger partial charge in [-0.25, -0.2) is 0 Å². The molecule has 0 heterocycles. The average molecular weight is 355 g/mol. The molecule has 0 radical (unpaired) electrons. The van der Waals surface area contributed by atoms with Crippen molar-refractivity contribution in [3.05, 3.63) is 0 Å². The minimum atomic E-state index is -0.659. The molecule has 0 aromatic heterocycles. The van der Waals surface area contributed by atoms with E-state index in [4.69, 9.17) is 5.11 Å². The zero-order valence-corrected chi connectivity index (χ0v) is 17.1. The molecule has 0 aliphatic heterocycles. The summed E-state index contributed by atoms with van der Waals surface area (Å²) in [5.74, 6) is 0.121. The van der Waals surface area contributed by atoms with Gasteiger partial charge in [-0.15, -0.1) is 0 Å². The van der Waals surface area contributed by atoms with Crippen LogP contribution in [0, 0.1) is 16.7 Å². The summed E-state index contributed by atoms with van der Waals surface area (Å²) in [6.45, 7) is 9.12. The molecule has 2 aliphatic rings. The van der Waals surface area contributed by atoms with Crippen molar-refractivity contribution in [3.63, 3.8) is 0 Å². The van der Waals surface area contributed by atoms with Crippen molar-refractivity contribution in [1.82, 2.24) is 0 Å². The highest BCUT2D eigenvalue weighted by Gasteiger charge is 2.60. The summed E-state index contributed by atoms with van der Waals surface area (Å²) in [6.07, 6.45) is 15.1. The summed E-state index contributed by atoms with van der Waals surface area (Å²) in [6, 6.07) is 0. The summed E-state index contributed by atoms with van der Waals surface area (Å²) >= 11 is 0. The Balaban J connectivity index is 0.000000255. The number of unbranched alkanes of at least 4 members (excludes halogenated alkanes) is 8. The summed E-state index contributed by atoms with van der Waals surface area (Å²) in [5, 5.41) is 18.2. The number of rotatable bonds is 10. The van der Waals surface area contributed by atoms with Crippen LogP contribution in [0.15, 0.2) is 0 Å². The van der Waals surface area contributed by atoms with Crippen LogP contribution in [0.3, 0.4) is 0 Å². The van der Waals surface area contributed by atoms with E-state index in [1.807, 2.05) is 0 Å². The van der Waals surface area contributed by atoms with Gasteiger partial charge in [0.1, 0.15) is 0 Å². The first-order valence-electron chi connectivity index (χ1n) is 10.7. The molecule has 0 aromatic rings. The fraction of sp³-hybridized carbons (Fsp3) is 0.955. The van der Waals surface area contributed by atoms with Crippen LogP contribution in [0.4, 0.5) is 0 Å². The van der Waals surface area contributed by atoms with E-state index >= 15 is 0 Å². The molecule has 0 amide bonds. The third-order valence-corrected chi connectivity index (χ3v) is 7.24. The Hall–Kier alpha value is -0.570. The Labute approximate surface area is 155 Å². The van der Waals surface area contributed by atoms with Crippen LogP contribution in [0.1, 0.15) is 111 Å². The number of carbonyl (C=O) groups is 1. The molecule has 2 fully saturated rings. The third-order valence-electron chi connectivity index (χ3n) is 7.24. The SMILES string of the molecule is CC1(C)C2CCC1(C)C(O)C2.CCCCCCCCCCCC(=O)O. The molecule has 148 valence electrons. The molecule has 0 spiro atoms. The van der Waals surface area contributed by atoms with Crippen LogP contribution in [0.2, 0.25) is 0 Å². The predicted octanol–water partition coefficient (Wildman–Crippen LogP) is 6.19. The number of fused-ring (bicyclic) bond motifs is 2. The van der Waals surface area contributed by atoms with Gasteiger partial charge in [0.05, 0.1) is 6.10 Å². The molecule has 3 atom stereocenters. The highest BCUT2D eigenvalue weighted by molar-refractivity contribution is 5.66. The molecule has 2 saturated carbocycles. The van der Waals surface area contributed by atoms with Gasteiger partial charge in [-0.05, 0) is 42.4 Å². The number of hydrogen-bond donors (Lipinski definition) is 2. The van der Waals surface area contributed by atoms with E-state index in [9.17, 15) is 9.90 Å². The molecule has 3 heteroatoms. The minimum Gasteiger partial charge on any atom is -0.481 e. The number of aliphatic hydroxyl groups excluding tert-OH is 1. The lowest BCUT2D eigenvalue weighted by atomic mass is 9.70. The monoisotopic (exact) mass is 354 g/mol. The quantitative estimate of drug-likeness (QED) is 0.460. The summed E-state index contributed by atoms with van der Waals surface area (Å²) in [4.78, 5) is 10.2. The van der Waals surface area contributed by atoms with E-state index in [0.717, 1.165) is 25.2 Å². The van der Waals surface area contributed by atoms with Crippen LogP contribution in [-0.4, -0.2) is 22.3 Å². The van der Waals surface area contributed by atoms with Crippen molar-refractivity contribution in [1.29, 1.82) is 0 Å². The molecule has 2 bridgehead atoms. The molecule has 0 saturated heterocycles. The Bertz CT molecular complexity index is 391. The van der Waals surface area contributed by atoms with E-state index in [2.05, 4.69) is 27.7 Å². The Morgan fingerprint density at radius 3 is 1.80 bits per heavy atom. The third kappa shape index (κ3) is 6.27. The van der Waals surface area contributed by atoms with Gasteiger partial charge in [-0.2, -0.15) is 0 Å². The van der Waals surface area contributed by atoms with Crippen molar-refractivity contribution in [2.45, 2.75) is 117 Å². The lowest BCUT2D eigenvalue weighted by Gasteiger charge is -2.36. The predicted molar refractivity (Wildman–Crippen MR) is 105 cm³/mol. The van der Waals surface area contributed by atoms with Crippen LogP contribution in [-0.2, 0) is 4.79 Å². The van der Waals surface area contributed by atoms with Crippen molar-refractivity contribution in [2.24, 2.45) is 16.7 Å². The van der Waals surface area contributed by atoms with Crippen molar-refractivity contribution in [3.8, 4) is 0 Å². The summed E-state index contributed by atoms with van der Waals surface area (Å²) in [5.41, 5.74) is 0.601. The molecular weight excluding hydrogens is 312 g/mol. The highest BCUT2D eigenvalue weighted by atomic mass is 16.4. The van der Waals surface area contributed by atoms with Gasteiger partial charge in [0.25, 0.3) is 0 Å². The number of carboxylic acids is 1. The van der Waals surface area contributed by atoms with E-state index in [0.29, 0.717) is 11.8 Å². The maximum absolute atomic E-state index is 10.2. The molecule has 2 N–H and O–H groups in total. The van der Waals surface area contributed by atoms with Crippen molar-refractivity contribution >= 4 is 5.97 Å². The lowest BCUT2D eigenvalue weighted by molar-refractivity contribution is -0.137. The van der Waals surface area contributed by atoms with Gasteiger partial charge in [-0.1, -0.05) is 79.1 Å². The second-order valence-corrected chi connectivity index (χ2v) is 9.10. The molecule has 2 aliphatic carbocycles. The maximum Gasteiger partial charge on any atom is 0.303 e. The zero-order valence-electron chi connectivity index (χ0n) is 17.1. The Kier molecular flexibility index (Phi) is 9.48. The second-order valence-electron chi connectivity index (χ2n) is 9.10. The smallest absolute Gasteiger partial charge is 0.303 e. The molecule has 3 unspecified atom stereocenters. The van der Waals surface area contributed by atoms with Gasteiger partial charge < -0.3 is 10.2 Å². The highest BCUT2D eigenvalue weighted by Crippen LogP contribution is 2.65. The largest absolute Gasteiger partial charge is 0.481 e.